The summed E-state index contributed by atoms with van der Waals surface area (Å²) in [4.78, 5) is 63.6. The minimum absolute atomic E-state index is 0.124. The highest BCUT2D eigenvalue weighted by molar-refractivity contribution is 9.09. The van der Waals surface area contributed by atoms with Crippen LogP contribution in [0.1, 0.15) is 43.7 Å². The monoisotopic (exact) mass is 741 g/mol. The summed E-state index contributed by atoms with van der Waals surface area (Å²) in [6.45, 7) is 5.20. The predicted octanol–water partition coefficient (Wildman–Crippen LogP) is 5.22. The van der Waals surface area contributed by atoms with Crippen molar-refractivity contribution in [3.63, 3.8) is 0 Å². The number of alkyl halides is 1. The molecule has 5 rings (SSSR count). The van der Waals surface area contributed by atoms with Crippen molar-refractivity contribution in [2.75, 3.05) is 23.5 Å². The van der Waals surface area contributed by atoms with E-state index in [0.29, 0.717) is 16.7 Å². The van der Waals surface area contributed by atoms with Gasteiger partial charge in [-0.2, -0.15) is 0 Å². The topological polar surface area (TPSA) is 149 Å². The van der Waals surface area contributed by atoms with E-state index in [4.69, 9.17) is 14.3 Å². The Morgan fingerprint density at radius 1 is 1.09 bits per heavy atom. The van der Waals surface area contributed by atoms with Crippen LogP contribution >= 0.6 is 39.0 Å². The lowest BCUT2D eigenvalue weighted by molar-refractivity contribution is -0.154. The Kier molecular flexibility index (Phi) is 10.7. The second-order valence-electron chi connectivity index (χ2n) is 11.3. The van der Waals surface area contributed by atoms with Crippen LogP contribution in [0.15, 0.2) is 82.5 Å². The highest BCUT2D eigenvalue weighted by Crippen LogP contribution is 2.42. The molecule has 3 heterocycles. The van der Waals surface area contributed by atoms with Gasteiger partial charge in [0.1, 0.15) is 35.5 Å². The number of hydrogen-bond donors (Lipinski definition) is 2. The molecule has 1 aromatic heterocycles. The van der Waals surface area contributed by atoms with Crippen LogP contribution in [-0.2, 0) is 28.7 Å². The highest BCUT2D eigenvalue weighted by Gasteiger charge is 2.55. The van der Waals surface area contributed by atoms with Crippen LogP contribution in [0, 0.1) is 0 Å². The fourth-order valence-electron chi connectivity index (χ4n) is 4.86. The Morgan fingerprint density at radius 2 is 1.72 bits per heavy atom. The summed E-state index contributed by atoms with van der Waals surface area (Å²) in [6, 6.07) is 17.8. The zero-order valence-corrected chi connectivity index (χ0v) is 29.1. The highest BCUT2D eigenvalue weighted by atomic mass is 79.9. The SMILES string of the molecule is CON=C(C(=O)N[C@@H]1C(=O)N2C(C(=O)OC(c3ccccc3)c3ccccc3)=C(CBr)CS[C@H]12)c1csc(NC(=O)OC(C)(C)C)n1. The number of nitrogens with zero attached hydrogens (tertiary/aromatic N) is 3. The van der Waals surface area contributed by atoms with E-state index in [1.807, 2.05) is 60.7 Å². The van der Waals surface area contributed by atoms with Crippen LogP contribution in [0.4, 0.5) is 9.93 Å². The number of thioether (sulfide) groups is 1. The first-order valence-electron chi connectivity index (χ1n) is 14.4. The van der Waals surface area contributed by atoms with E-state index in [0.717, 1.165) is 22.5 Å². The van der Waals surface area contributed by atoms with Crippen LogP contribution in [0.2, 0.25) is 0 Å². The van der Waals surface area contributed by atoms with Gasteiger partial charge in [-0.3, -0.25) is 19.8 Å². The number of thiazole rings is 1. The van der Waals surface area contributed by atoms with Gasteiger partial charge < -0.3 is 19.6 Å². The van der Waals surface area contributed by atoms with Gasteiger partial charge in [-0.15, -0.1) is 23.1 Å². The first-order chi connectivity index (χ1) is 22.5. The summed E-state index contributed by atoms with van der Waals surface area (Å²) in [5, 5.41) is 10.6. The third-order valence-electron chi connectivity index (χ3n) is 6.87. The molecule has 2 atom stereocenters. The predicted molar refractivity (Wildman–Crippen MR) is 182 cm³/mol. The molecule has 0 spiro atoms. The molecule has 15 heteroatoms. The molecule has 0 unspecified atom stereocenters. The first kappa shape index (κ1) is 34.1. The van der Waals surface area contributed by atoms with Crippen molar-refractivity contribution in [3.8, 4) is 0 Å². The quantitative estimate of drug-likeness (QED) is 0.0938. The van der Waals surface area contributed by atoms with E-state index in [-0.39, 0.29) is 22.2 Å². The number of rotatable bonds is 10. The van der Waals surface area contributed by atoms with Crippen LogP contribution < -0.4 is 10.6 Å². The average Bonchev–Trinajstić information content (AvgIpc) is 3.51. The number of benzene rings is 2. The number of halogens is 1. The van der Waals surface area contributed by atoms with Gasteiger partial charge in [0.25, 0.3) is 11.8 Å². The normalized spacial score (nSPS) is 17.9. The van der Waals surface area contributed by atoms with Crippen molar-refractivity contribution in [3.05, 3.63) is 94.1 Å². The fourth-order valence-corrected chi connectivity index (χ4v) is 7.61. The van der Waals surface area contributed by atoms with Gasteiger partial charge >= 0.3 is 12.1 Å². The first-order valence-corrected chi connectivity index (χ1v) is 17.5. The fraction of sp³-hybridized carbons (Fsp3) is 0.312. The van der Waals surface area contributed by atoms with Crippen molar-refractivity contribution < 1.29 is 33.5 Å². The van der Waals surface area contributed by atoms with E-state index in [1.165, 1.54) is 29.2 Å². The van der Waals surface area contributed by atoms with Gasteiger partial charge in [0, 0.05) is 16.5 Å². The molecular weight excluding hydrogens is 710 g/mol. The van der Waals surface area contributed by atoms with Crippen molar-refractivity contribution in [2.45, 2.75) is 43.9 Å². The Bertz CT molecular complexity index is 1670. The molecule has 47 heavy (non-hydrogen) atoms. The Hall–Kier alpha value is -4.21. The number of aromatic nitrogens is 1. The van der Waals surface area contributed by atoms with Gasteiger partial charge in [-0.05, 0) is 37.5 Å². The number of amides is 3. The largest absolute Gasteiger partial charge is 0.448 e. The molecule has 0 saturated carbocycles. The molecule has 1 saturated heterocycles. The van der Waals surface area contributed by atoms with E-state index < -0.39 is 47.0 Å². The molecule has 246 valence electrons. The summed E-state index contributed by atoms with van der Waals surface area (Å²) in [6.07, 6.45) is -1.40. The molecule has 0 radical (unpaired) electrons. The number of β-lactam (4-membered cyclic amide) rings is 1. The van der Waals surface area contributed by atoms with Crippen LogP contribution in [0.3, 0.4) is 0 Å². The van der Waals surface area contributed by atoms with Crippen LogP contribution in [0.5, 0.6) is 0 Å². The van der Waals surface area contributed by atoms with E-state index in [1.54, 1.807) is 20.8 Å². The van der Waals surface area contributed by atoms with Gasteiger partial charge in [0.05, 0.1) is 0 Å². The van der Waals surface area contributed by atoms with Gasteiger partial charge in [-0.1, -0.05) is 81.7 Å². The maximum absolute atomic E-state index is 13.8. The Balaban J connectivity index is 1.31. The maximum atomic E-state index is 13.8. The maximum Gasteiger partial charge on any atom is 0.413 e. The summed E-state index contributed by atoms with van der Waals surface area (Å²) in [5.41, 5.74) is 1.64. The number of ether oxygens (including phenoxy) is 2. The van der Waals surface area contributed by atoms with E-state index in [9.17, 15) is 19.2 Å². The number of carbonyl (C=O) groups excluding carboxylic acids is 4. The van der Waals surface area contributed by atoms with Crippen molar-refractivity contribution >= 4 is 73.7 Å². The molecule has 0 bridgehead atoms. The zero-order chi connectivity index (χ0) is 33.7. The average molecular weight is 743 g/mol. The number of esters is 1. The third-order valence-corrected chi connectivity index (χ3v) is 9.64. The molecule has 3 aromatic rings. The number of fused-ring (bicyclic) bond motifs is 1. The number of anilines is 1. The third kappa shape index (κ3) is 7.85. The van der Waals surface area contributed by atoms with Gasteiger partial charge in [-0.25, -0.2) is 14.6 Å². The minimum Gasteiger partial charge on any atom is -0.448 e. The summed E-state index contributed by atoms with van der Waals surface area (Å²) in [7, 11) is 1.27. The number of hydrogen-bond acceptors (Lipinski definition) is 11. The molecule has 2 aromatic carbocycles. The number of nitrogens with one attached hydrogen (secondary N) is 2. The minimum atomic E-state index is -0.953. The molecule has 3 amide bonds. The molecular formula is C32H32BrN5O7S2. The van der Waals surface area contributed by atoms with Crippen LogP contribution in [0.25, 0.3) is 0 Å². The van der Waals surface area contributed by atoms with Crippen LogP contribution in [-0.4, -0.2) is 74.7 Å². The van der Waals surface area contributed by atoms with E-state index in [2.05, 4.69) is 36.7 Å². The molecule has 2 aliphatic rings. The smallest absolute Gasteiger partial charge is 0.413 e. The van der Waals surface area contributed by atoms with Gasteiger partial charge in [0.2, 0.25) is 0 Å². The Morgan fingerprint density at radius 3 is 2.30 bits per heavy atom. The zero-order valence-electron chi connectivity index (χ0n) is 25.9. The summed E-state index contributed by atoms with van der Waals surface area (Å²) >= 11 is 5.94. The lowest BCUT2D eigenvalue weighted by atomic mass is 10.0. The molecule has 1 fully saturated rings. The summed E-state index contributed by atoms with van der Waals surface area (Å²) in [5.74, 6) is -1.40. The van der Waals surface area contributed by atoms with Crippen molar-refractivity contribution in [2.24, 2.45) is 5.16 Å². The standard InChI is InChI=1S/C32H32BrN5O7S2/c1-32(2,3)45-31(42)36-30-34-21(17-47-30)22(37-43-4)26(39)35-23-27(40)38-24(20(15-33)16-46-28(23)38)29(41)44-25(18-11-7-5-8-12-18)19-13-9-6-10-14-19/h5-14,17,23,25,28H,15-16H2,1-4H3,(H,35,39)(H,34,36,42)/t23-,28-/m1/s1. The second kappa shape index (κ2) is 14.7. The Labute approximate surface area is 288 Å². The number of carbonyl (C=O) groups is 4. The molecule has 2 N–H and O–H groups in total. The van der Waals surface area contributed by atoms with Crippen molar-refractivity contribution in [1.82, 2.24) is 15.2 Å². The second-order valence-corrected chi connectivity index (χ2v) is 13.9. The van der Waals surface area contributed by atoms with Gasteiger partial charge in [0.15, 0.2) is 16.9 Å². The number of oxime groups is 1. The van der Waals surface area contributed by atoms with E-state index >= 15 is 0 Å². The lowest BCUT2D eigenvalue weighted by Gasteiger charge is -2.49. The summed E-state index contributed by atoms with van der Waals surface area (Å²) < 4.78 is 11.4. The molecule has 0 aliphatic carbocycles. The molecule has 12 nitrogen and oxygen atoms in total. The molecule has 2 aliphatic heterocycles. The lowest BCUT2D eigenvalue weighted by Crippen LogP contribution is -2.71. The van der Waals surface area contributed by atoms with Crippen molar-refractivity contribution in [1.29, 1.82) is 0 Å².